The van der Waals surface area contributed by atoms with E-state index in [9.17, 15) is 9.59 Å². The van der Waals surface area contributed by atoms with Crippen molar-refractivity contribution in [2.24, 2.45) is 0 Å². The Morgan fingerprint density at radius 2 is 2.32 bits per heavy atom. The fraction of sp³-hybridized carbons (Fsp3) is 0.308. The Labute approximate surface area is 110 Å². The molecule has 0 saturated heterocycles. The van der Waals surface area contributed by atoms with Gasteiger partial charge in [-0.05, 0) is 12.8 Å². The summed E-state index contributed by atoms with van der Waals surface area (Å²) in [5.41, 5.74) is -0.119. The molecular formula is C13H16N4O2. The monoisotopic (exact) mass is 260 g/mol. The average Bonchev–Trinajstić information content (AvgIpc) is 2.92. The maximum Gasteiger partial charge on any atom is 0.256 e. The number of carbonyl (C=O) groups excluding carboxylic acids is 1. The molecule has 6 heteroatoms. The van der Waals surface area contributed by atoms with Crippen molar-refractivity contribution < 1.29 is 4.79 Å². The lowest BCUT2D eigenvalue weighted by molar-refractivity contribution is 0.0951. The van der Waals surface area contributed by atoms with E-state index in [2.05, 4.69) is 15.3 Å². The topological polar surface area (TPSA) is 79.8 Å². The molecule has 1 amide bonds. The Balaban J connectivity index is 1.70. The summed E-state index contributed by atoms with van der Waals surface area (Å²) in [6.45, 7) is 1.43. The van der Waals surface area contributed by atoms with Crippen LogP contribution in [0.3, 0.4) is 0 Å². The number of nitrogens with one attached hydrogen (secondary N) is 2. The molecule has 0 atom stereocenters. The number of pyridine rings is 1. The molecule has 2 N–H and O–H groups in total. The largest absolute Gasteiger partial charge is 0.367 e. The average molecular weight is 260 g/mol. The Bertz CT molecular complexity index is 574. The predicted octanol–water partition coefficient (Wildman–Crippen LogP) is 0.782. The van der Waals surface area contributed by atoms with Gasteiger partial charge in [0.2, 0.25) is 0 Å². The normalized spacial score (nSPS) is 10.3. The fourth-order valence-corrected chi connectivity index (χ4v) is 1.73. The smallest absolute Gasteiger partial charge is 0.256 e. The van der Waals surface area contributed by atoms with Crippen molar-refractivity contribution in [3.63, 3.8) is 0 Å². The number of hydrogen-bond donors (Lipinski definition) is 2. The summed E-state index contributed by atoms with van der Waals surface area (Å²) in [5, 5.41) is 2.74. The molecule has 0 aliphatic heterocycles. The molecule has 2 aromatic heterocycles. The first-order chi connectivity index (χ1) is 9.27. The van der Waals surface area contributed by atoms with Crippen LogP contribution in [0.1, 0.15) is 23.2 Å². The molecule has 0 spiro atoms. The summed E-state index contributed by atoms with van der Waals surface area (Å²) in [6.07, 6.45) is 10.1. The number of imidazole rings is 1. The number of rotatable bonds is 6. The van der Waals surface area contributed by atoms with Gasteiger partial charge in [-0.2, -0.15) is 0 Å². The van der Waals surface area contributed by atoms with E-state index in [1.807, 2.05) is 10.8 Å². The number of nitrogens with zero attached hydrogens (tertiary/aromatic N) is 2. The van der Waals surface area contributed by atoms with Gasteiger partial charge in [0, 0.05) is 43.9 Å². The first-order valence-electron chi connectivity index (χ1n) is 6.18. The zero-order chi connectivity index (χ0) is 13.5. The number of amides is 1. The van der Waals surface area contributed by atoms with Crippen molar-refractivity contribution in [3.05, 3.63) is 53.0 Å². The van der Waals surface area contributed by atoms with Crippen LogP contribution in [0, 0.1) is 0 Å². The van der Waals surface area contributed by atoms with E-state index in [4.69, 9.17) is 0 Å². The minimum atomic E-state index is -0.329. The summed E-state index contributed by atoms with van der Waals surface area (Å²) in [6, 6.07) is 1.34. The van der Waals surface area contributed by atoms with Gasteiger partial charge in [-0.15, -0.1) is 0 Å². The number of aromatic nitrogens is 3. The third kappa shape index (κ3) is 3.80. The van der Waals surface area contributed by atoms with Gasteiger partial charge in [-0.1, -0.05) is 0 Å². The highest BCUT2D eigenvalue weighted by Gasteiger charge is 2.07. The van der Waals surface area contributed by atoms with Crippen molar-refractivity contribution in [1.29, 1.82) is 0 Å². The Morgan fingerprint density at radius 3 is 3.05 bits per heavy atom. The predicted molar refractivity (Wildman–Crippen MR) is 70.9 cm³/mol. The van der Waals surface area contributed by atoms with Gasteiger partial charge in [-0.3, -0.25) is 9.59 Å². The van der Waals surface area contributed by atoms with Crippen LogP contribution in [0.5, 0.6) is 0 Å². The minimum absolute atomic E-state index is 0.150. The zero-order valence-corrected chi connectivity index (χ0v) is 10.5. The molecule has 0 bridgehead atoms. The maximum absolute atomic E-state index is 11.7. The highest BCUT2D eigenvalue weighted by Crippen LogP contribution is 1.95. The molecule has 0 aliphatic rings. The summed E-state index contributed by atoms with van der Waals surface area (Å²) in [7, 11) is 0. The van der Waals surface area contributed by atoms with Crippen LogP contribution < -0.4 is 10.7 Å². The molecule has 2 heterocycles. The van der Waals surface area contributed by atoms with Crippen LogP contribution in [-0.4, -0.2) is 27.0 Å². The van der Waals surface area contributed by atoms with Crippen molar-refractivity contribution in [2.45, 2.75) is 19.4 Å². The Hall–Kier alpha value is -2.37. The quantitative estimate of drug-likeness (QED) is 0.753. The van der Waals surface area contributed by atoms with E-state index in [1.165, 1.54) is 18.5 Å². The zero-order valence-electron chi connectivity index (χ0n) is 10.5. The van der Waals surface area contributed by atoms with Crippen LogP contribution in [0.2, 0.25) is 0 Å². The molecule has 0 unspecified atom stereocenters. The maximum atomic E-state index is 11.7. The second kappa shape index (κ2) is 6.53. The lowest BCUT2D eigenvalue weighted by Crippen LogP contribution is -2.29. The highest BCUT2D eigenvalue weighted by molar-refractivity contribution is 5.93. The van der Waals surface area contributed by atoms with Crippen molar-refractivity contribution >= 4 is 5.91 Å². The number of unbranched alkanes of at least 4 members (excludes halogenated alkanes) is 1. The van der Waals surface area contributed by atoms with E-state index in [0.29, 0.717) is 6.54 Å². The van der Waals surface area contributed by atoms with Crippen molar-refractivity contribution in [3.8, 4) is 0 Å². The van der Waals surface area contributed by atoms with Gasteiger partial charge in [0.05, 0.1) is 6.33 Å². The van der Waals surface area contributed by atoms with Crippen LogP contribution in [-0.2, 0) is 6.54 Å². The van der Waals surface area contributed by atoms with E-state index >= 15 is 0 Å². The molecule has 2 aromatic rings. The number of H-pyrrole nitrogens is 1. The highest BCUT2D eigenvalue weighted by atomic mass is 16.2. The molecule has 100 valence electrons. The van der Waals surface area contributed by atoms with E-state index in [-0.39, 0.29) is 16.9 Å². The van der Waals surface area contributed by atoms with Crippen molar-refractivity contribution in [2.75, 3.05) is 6.54 Å². The SMILES string of the molecule is O=C(NCCCCn1ccnc1)c1c[nH]ccc1=O. The fourth-order valence-electron chi connectivity index (χ4n) is 1.73. The molecule has 2 rings (SSSR count). The van der Waals surface area contributed by atoms with Crippen molar-refractivity contribution in [1.82, 2.24) is 19.9 Å². The standard InChI is InChI=1S/C13H16N4O2/c18-12-3-5-14-9-11(12)13(19)16-4-1-2-7-17-8-6-15-10-17/h3,5-6,8-10H,1-2,4,7H2,(H,14,18)(H,16,19). The first kappa shape index (κ1) is 13.1. The number of hydrogen-bond acceptors (Lipinski definition) is 3. The molecule has 19 heavy (non-hydrogen) atoms. The van der Waals surface area contributed by atoms with Gasteiger partial charge in [0.25, 0.3) is 5.91 Å². The third-order valence-electron chi connectivity index (χ3n) is 2.76. The molecule has 0 fully saturated rings. The second-order valence-electron chi connectivity index (χ2n) is 4.19. The van der Waals surface area contributed by atoms with Gasteiger partial charge >= 0.3 is 0 Å². The van der Waals surface area contributed by atoms with Gasteiger partial charge in [0.15, 0.2) is 5.43 Å². The van der Waals surface area contributed by atoms with Gasteiger partial charge in [-0.25, -0.2) is 4.98 Å². The molecular weight excluding hydrogens is 244 g/mol. The number of aryl methyl sites for hydroxylation is 1. The first-order valence-corrected chi connectivity index (χ1v) is 6.18. The van der Waals surface area contributed by atoms with Gasteiger partial charge < -0.3 is 14.9 Å². The van der Waals surface area contributed by atoms with Crippen LogP contribution in [0.4, 0.5) is 0 Å². The molecule has 0 aliphatic carbocycles. The molecule has 6 nitrogen and oxygen atoms in total. The summed E-state index contributed by atoms with van der Waals surface area (Å²) in [5.74, 6) is -0.329. The number of carbonyl (C=O) groups is 1. The van der Waals surface area contributed by atoms with E-state index in [1.54, 1.807) is 12.5 Å². The Morgan fingerprint density at radius 1 is 1.42 bits per heavy atom. The van der Waals surface area contributed by atoms with Crippen LogP contribution >= 0.6 is 0 Å². The Kier molecular flexibility index (Phi) is 4.49. The second-order valence-corrected chi connectivity index (χ2v) is 4.19. The van der Waals surface area contributed by atoms with E-state index in [0.717, 1.165) is 19.4 Å². The molecule has 0 aromatic carbocycles. The third-order valence-corrected chi connectivity index (χ3v) is 2.76. The van der Waals surface area contributed by atoms with Crippen LogP contribution in [0.15, 0.2) is 42.0 Å². The summed E-state index contributed by atoms with van der Waals surface area (Å²) >= 11 is 0. The number of aromatic amines is 1. The lowest BCUT2D eigenvalue weighted by atomic mass is 10.2. The molecule has 0 saturated carbocycles. The van der Waals surface area contributed by atoms with E-state index < -0.39 is 0 Å². The lowest BCUT2D eigenvalue weighted by Gasteiger charge is -2.05. The minimum Gasteiger partial charge on any atom is -0.367 e. The molecule has 0 radical (unpaired) electrons. The van der Waals surface area contributed by atoms with Crippen LogP contribution in [0.25, 0.3) is 0 Å². The summed E-state index contributed by atoms with van der Waals surface area (Å²) in [4.78, 5) is 29.8. The van der Waals surface area contributed by atoms with Gasteiger partial charge in [0.1, 0.15) is 5.56 Å². The summed E-state index contributed by atoms with van der Waals surface area (Å²) < 4.78 is 1.99.